The van der Waals surface area contributed by atoms with Gasteiger partial charge in [0.25, 0.3) is 5.91 Å². The van der Waals surface area contributed by atoms with Crippen molar-refractivity contribution in [2.24, 2.45) is 0 Å². The number of pyridine rings is 1. The molecule has 1 amide bonds. The molecule has 3 rings (SSSR count). The van der Waals surface area contributed by atoms with Crippen molar-refractivity contribution in [2.45, 2.75) is 38.6 Å². The molecule has 0 saturated carbocycles. The number of amides is 1. The number of aromatic nitrogens is 3. The minimum Gasteiger partial charge on any atom is -0.373 e. The number of carbonyl (C=O) groups excluding carboxylic acids is 1. The molecule has 0 aliphatic carbocycles. The smallest absolute Gasteiger partial charge is 0.272 e. The SMILES string of the molecule is CNc1cc([C@@H]2CCCN(C(=O)c3ccnn3C(C)C)C2)ccn1. The fraction of sp³-hybridized carbons (Fsp3) is 0.500. The number of carbonyl (C=O) groups is 1. The van der Waals surface area contributed by atoms with E-state index in [2.05, 4.69) is 27.5 Å². The van der Waals surface area contributed by atoms with Crippen molar-refractivity contribution in [3.05, 3.63) is 41.9 Å². The van der Waals surface area contributed by atoms with Gasteiger partial charge in [0, 0.05) is 44.5 Å². The second kappa shape index (κ2) is 7.03. The number of piperidine rings is 1. The van der Waals surface area contributed by atoms with Gasteiger partial charge in [-0.3, -0.25) is 9.48 Å². The number of nitrogens with one attached hydrogen (secondary N) is 1. The minimum atomic E-state index is 0.0776. The first kappa shape index (κ1) is 16.5. The van der Waals surface area contributed by atoms with Crippen LogP contribution in [-0.2, 0) is 0 Å². The summed E-state index contributed by atoms with van der Waals surface area (Å²) in [7, 11) is 1.87. The van der Waals surface area contributed by atoms with Gasteiger partial charge in [-0.05, 0) is 50.5 Å². The van der Waals surface area contributed by atoms with Crippen LogP contribution in [0.2, 0.25) is 0 Å². The Hall–Kier alpha value is -2.37. The molecule has 2 aromatic heterocycles. The molecule has 1 saturated heterocycles. The Morgan fingerprint density at radius 1 is 1.33 bits per heavy atom. The summed E-state index contributed by atoms with van der Waals surface area (Å²) in [6.07, 6.45) is 5.65. The standard InChI is InChI=1S/C18H25N5O/c1-13(2)23-16(7-9-21-23)18(24)22-10-4-5-15(12-22)14-6-8-20-17(11-14)19-3/h6-9,11,13,15H,4-5,10,12H2,1-3H3,(H,19,20)/t15-/m1/s1. The molecule has 6 nitrogen and oxygen atoms in total. The predicted octanol–water partition coefficient (Wildman–Crippen LogP) is 2.92. The zero-order chi connectivity index (χ0) is 17.1. The van der Waals surface area contributed by atoms with E-state index in [0.717, 1.165) is 31.7 Å². The van der Waals surface area contributed by atoms with E-state index < -0.39 is 0 Å². The third-order valence-corrected chi connectivity index (χ3v) is 4.60. The average Bonchev–Trinajstić information content (AvgIpc) is 3.11. The molecule has 24 heavy (non-hydrogen) atoms. The molecule has 0 radical (unpaired) electrons. The fourth-order valence-corrected chi connectivity index (χ4v) is 3.33. The Morgan fingerprint density at radius 2 is 2.17 bits per heavy atom. The first-order chi connectivity index (χ1) is 11.6. The molecule has 1 atom stereocenters. The van der Waals surface area contributed by atoms with Crippen LogP contribution in [0.1, 0.15) is 54.7 Å². The van der Waals surface area contributed by atoms with E-state index in [1.807, 2.05) is 38.1 Å². The maximum atomic E-state index is 12.9. The molecule has 0 unspecified atom stereocenters. The molecular formula is C18H25N5O. The van der Waals surface area contributed by atoms with Crippen molar-refractivity contribution in [3.8, 4) is 0 Å². The van der Waals surface area contributed by atoms with Crippen molar-refractivity contribution < 1.29 is 4.79 Å². The van der Waals surface area contributed by atoms with Crippen LogP contribution < -0.4 is 5.32 Å². The molecule has 6 heteroatoms. The third-order valence-electron chi connectivity index (χ3n) is 4.60. The van der Waals surface area contributed by atoms with Crippen molar-refractivity contribution >= 4 is 11.7 Å². The van der Waals surface area contributed by atoms with Crippen LogP contribution in [0.25, 0.3) is 0 Å². The second-order valence-electron chi connectivity index (χ2n) is 6.57. The highest BCUT2D eigenvalue weighted by atomic mass is 16.2. The fourth-order valence-electron chi connectivity index (χ4n) is 3.33. The van der Waals surface area contributed by atoms with E-state index in [4.69, 9.17) is 0 Å². The Morgan fingerprint density at radius 3 is 2.92 bits per heavy atom. The van der Waals surface area contributed by atoms with Crippen molar-refractivity contribution in [3.63, 3.8) is 0 Å². The van der Waals surface area contributed by atoms with Gasteiger partial charge in [0.1, 0.15) is 11.5 Å². The van der Waals surface area contributed by atoms with Gasteiger partial charge >= 0.3 is 0 Å². The first-order valence-electron chi connectivity index (χ1n) is 8.56. The summed E-state index contributed by atoms with van der Waals surface area (Å²) in [6.45, 7) is 5.63. The van der Waals surface area contributed by atoms with Gasteiger partial charge < -0.3 is 10.2 Å². The van der Waals surface area contributed by atoms with Crippen LogP contribution in [0, 0.1) is 0 Å². The zero-order valence-corrected chi connectivity index (χ0v) is 14.6. The lowest BCUT2D eigenvalue weighted by Crippen LogP contribution is -2.40. The minimum absolute atomic E-state index is 0.0776. The maximum Gasteiger partial charge on any atom is 0.272 e. The number of rotatable bonds is 4. The average molecular weight is 327 g/mol. The molecule has 0 spiro atoms. The number of anilines is 1. The second-order valence-corrected chi connectivity index (χ2v) is 6.57. The van der Waals surface area contributed by atoms with Gasteiger partial charge in [-0.15, -0.1) is 0 Å². The summed E-state index contributed by atoms with van der Waals surface area (Å²) in [5.41, 5.74) is 1.92. The highest BCUT2D eigenvalue weighted by molar-refractivity contribution is 5.92. The summed E-state index contributed by atoms with van der Waals surface area (Å²) in [5, 5.41) is 7.36. The third kappa shape index (κ3) is 3.27. The zero-order valence-electron chi connectivity index (χ0n) is 14.6. The lowest BCUT2D eigenvalue weighted by molar-refractivity contribution is 0.0692. The van der Waals surface area contributed by atoms with Crippen LogP contribution >= 0.6 is 0 Å². The van der Waals surface area contributed by atoms with E-state index in [0.29, 0.717) is 11.6 Å². The number of nitrogens with zero attached hydrogens (tertiary/aromatic N) is 4. The van der Waals surface area contributed by atoms with Crippen LogP contribution in [0.15, 0.2) is 30.6 Å². The van der Waals surface area contributed by atoms with Gasteiger partial charge in [-0.2, -0.15) is 5.10 Å². The maximum absolute atomic E-state index is 12.9. The van der Waals surface area contributed by atoms with Gasteiger partial charge in [0.2, 0.25) is 0 Å². The summed E-state index contributed by atoms with van der Waals surface area (Å²) in [4.78, 5) is 19.2. The molecule has 3 heterocycles. The van der Waals surface area contributed by atoms with Crippen LogP contribution in [0.4, 0.5) is 5.82 Å². The largest absolute Gasteiger partial charge is 0.373 e. The summed E-state index contributed by atoms with van der Waals surface area (Å²) in [6, 6.07) is 6.13. The lowest BCUT2D eigenvalue weighted by atomic mass is 9.91. The number of hydrogen-bond donors (Lipinski definition) is 1. The monoisotopic (exact) mass is 327 g/mol. The van der Waals surface area contributed by atoms with E-state index >= 15 is 0 Å². The molecule has 2 aromatic rings. The molecule has 0 aromatic carbocycles. The van der Waals surface area contributed by atoms with Crippen molar-refractivity contribution in [2.75, 3.05) is 25.5 Å². The topological polar surface area (TPSA) is 63.1 Å². The summed E-state index contributed by atoms with van der Waals surface area (Å²) < 4.78 is 1.80. The first-order valence-corrected chi connectivity index (χ1v) is 8.56. The highest BCUT2D eigenvalue weighted by Crippen LogP contribution is 2.28. The van der Waals surface area contributed by atoms with E-state index in [-0.39, 0.29) is 11.9 Å². The summed E-state index contributed by atoms with van der Waals surface area (Å²) in [5.74, 6) is 1.30. The Balaban J connectivity index is 1.77. The van der Waals surface area contributed by atoms with Crippen molar-refractivity contribution in [1.29, 1.82) is 0 Å². The molecule has 1 fully saturated rings. The van der Waals surface area contributed by atoms with Crippen LogP contribution in [0.5, 0.6) is 0 Å². The van der Waals surface area contributed by atoms with Gasteiger partial charge in [-0.25, -0.2) is 4.98 Å². The summed E-state index contributed by atoms with van der Waals surface area (Å²) >= 11 is 0. The van der Waals surface area contributed by atoms with Crippen LogP contribution in [0.3, 0.4) is 0 Å². The molecular weight excluding hydrogens is 302 g/mol. The predicted molar refractivity (Wildman–Crippen MR) is 94.3 cm³/mol. The lowest BCUT2D eigenvalue weighted by Gasteiger charge is -2.33. The molecule has 1 aliphatic heterocycles. The van der Waals surface area contributed by atoms with Crippen LogP contribution in [-0.4, -0.2) is 45.7 Å². The van der Waals surface area contributed by atoms with E-state index in [1.54, 1.807) is 10.9 Å². The molecule has 0 bridgehead atoms. The Bertz CT molecular complexity index is 709. The number of hydrogen-bond acceptors (Lipinski definition) is 4. The Labute approximate surface area is 142 Å². The molecule has 128 valence electrons. The molecule has 1 N–H and O–H groups in total. The van der Waals surface area contributed by atoms with Gasteiger partial charge in [0.05, 0.1) is 0 Å². The normalized spacial score (nSPS) is 18.0. The van der Waals surface area contributed by atoms with E-state index in [9.17, 15) is 4.79 Å². The van der Waals surface area contributed by atoms with Crippen molar-refractivity contribution in [1.82, 2.24) is 19.7 Å². The van der Waals surface area contributed by atoms with E-state index in [1.165, 1.54) is 5.56 Å². The highest BCUT2D eigenvalue weighted by Gasteiger charge is 2.27. The number of likely N-dealkylation sites (tertiary alicyclic amines) is 1. The quantitative estimate of drug-likeness (QED) is 0.938. The van der Waals surface area contributed by atoms with Gasteiger partial charge in [-0.1, -0.05) is 0 Å². The molecule has 1 aliphatic rings. The van der Waals surface area contributed by atoms with Gasteiger partial charge in [0.15, 0.2) is 0 Å². The Kier molecular flexibility index (Phi) is 4.83.